The normalized spacial score (nSPS) is 12.6. The molecule has 0 aromatic heterocycles. The zero-order valence-electron chi connectivity index (χ0n) is 79.3. The molecule has 0 atom stereocenters. The molecule has 4 aliphatic heterocycles. The van der Waals surface area contributed by atoms with Crippen molar-refractivity contribution < 1.29 is 135 Å². The number of nitro benzene ring substituents is 1. The maximum Gasteiger partial charge on any atom is 0.514 e. The van der Waals surface area contributed by atoms with Gasteiger partial charge in [0.25, 0.3) is 52.9 Å². The number of rotatable bonds is 60. The number of amides is 12. The van der Waals surface area contributed by atoms with E-state index in [1.165, 1.54) is 93.0 Å². The van der Waals surface area contributed by atoms with Crippen LogP contribution in [0, 0.1) is 10.1 Å². The Morgan fingerprint density at radius 2 is 0.806 bits per heavy atom. The second kappa shape index (κ2) is 67.2. The Kier molecular flexibility index (Phi) is 55.7. The van der Waals surface area contributed by atoms with E-state index in [1.807, 2.05) is 24.3 Å². The molecule has 6 aromatic carbocycles. The van der Waals surface area contributed by atoms with Gasteiger partial charge in [0.15, 0.2) is 17.3 Å². The van der Waals surface area contributed by atoms with Crippen LogP contribution in [-0.4, -0.2) is 254 Å². The fourth-order valence-corrected chi connectivity index (χ4v) is 20.4. The number of carbonyl (C=O) groups excluding carboxylic acids is 17. The lowest BCUT2D eigenvalue weighted by Crippen LogP contribution is -2.35. The standard InChI is InChI=1S/C39H35NO8S.C19H23N3O6S2.C16H15NO7.C13H19N3O4S2.C12H21NO4S2/c1-45-35-22-16-32(17-23-35)39(30-9-4-2-5-10-30,31-11-6-3-7-12-31)49-26-8-13-34(41)28-46-36-20-14-29(15-21-36)27-47-38(42)48-37-24-18-33(19-25-37)40(43)44;23-14(7-10-21-16(25)3-4-17(21)26)2-1-12-29-30-13-9-20-15(24)8-11-22-18(27)5-6-19(22)28;1-23-12-8-10(9-15(20)21)2-3-11(12)24-16(22)6-7-17-13(18)4-5-14(17)19;14-13(20)15-6-9-22-21-8-1-2-10(17)5-7-16-11(18)3-4-12(16)19;1-10(14)13-7-9-19-18-8-3-5-11(15)4-2-6-12(16)17/h2-7,9-12,14-25H,8,13,26-28H2,1H3;3-6H,1-2,7-13H2,(H,20,24);2-5,8H,6-7,9H2,1H3,(H,20,21);3-4H,1-2,5-9H2,(H3,14,15,20);2-9H2,1H3,(H,13,14)(H,16,17). The van der Waals surface area contributed by atoms with E-state index in [1.54, 1.807) is 108 Å². The van der Waals surface area contributed by atoms with Crippen molar-refractivity contribution in [3.05, 3.63) is 238 Å². The Morgan fingerprint density at radius 3 is 1.25 bits per heavy atom. The number of Topliss-reactive ketones (excluding diaryl/α,β-unsaturated/α-hetero) is 4. The first-order valence-corrected chi connectivity index (χ1v) is 53.6. The topological polar surface area (TPSA) is 538 Å². The molecule has 12 amide bonds. The Hall–Kier alpha value is -13.3. The number of benzene rings is 6. The number of nitrogens with one attached hydrogen (secondary N) is 3. The summed E-state index contributed by atoms with van der Waals surface area (Å²) in [6, 6.07) is 44.8. The fraction of sp³-hybridized carbons (Fsp3) is 0.364. The summed E-state index contributed by atoms with van der Waals surface area (Å²) in [5.41, 5.74) is 9.43. The van der Waals surface area contributed by atoms with Gasteiger partial charge in [-0.2, -0.15) is 0 Å². The number of ether oxygens (including phenoxy) is 6. The van der Waals surface area contributed by atoms with E-state index in [0.29, 0.717) is 93.6 Å². The van der Waals surface area contributed by atoms with Crippen molar-refractivity contribution in [3.8, 4) is 28.7 Å². The number of thioether (sulfide) groups is 1. The first-order chi connectivity index (χ1) is 69.2. The molecule has 0 spiro atoms. The molecule has 0 bridgehead atoms. The van der Waals surface area contributed by atoms with Gasteiger partial charge in [-0.3, -0.25) is 111 Å². The van der Waals surface area contributed by atoms with E-state index in [2.05, 4.69) is 76.6 Å². The van der Waals surface area contributed by atoms with Gasteiger partial charge in [0.2, 0.25) is 11.8 Å². The molecule has 38 nitrogen and oxygen atoms in total. The first kappa shape index (κ1) is 119. The molecule has 6 aromatic rings. The van der Waals surface area contributed by atoms with Gasteiger partial charge in [0, 0.05) is 206 Å². The molecule has 4 aliphatic rings. The van der Waals surface area contributed by atoms with Crippen molar-refractivity contribution in [1.82, 2.24) is 35.6 Å². The third-order valence-corrected chi connectivity index (χ3v) is 29.3. The number of nitrogens with two attached hydrogens (primary N) is 1. The van der Waals surface area contributed by atoms with Crippen LogP contribution in [0.15, 0.2) is 200 Å². The van der Waals surface area contributed by atoms with Crippen LogP contribution in [0.3, 0.4) is 0 Å². The van der Waals surface area contributed by atoms with Gasteiger partial charge in [-0.25, -0.2) is 9.59 Å². The summed E-state index contributed by atoms with van der Waals surface area (Å²) < 4.78 is 31.1. The average molecular weight is 2120 g/mol. The fourth-order valence-electron chi connectivity index (χ4n) is 12.9. The second-order valence-electron chi connectivity index (χ2n) is 30.9. The van der Waals surface area contributed by atoms with Crippen molar-refractivity contribution in [2.45, 2.75) is 121 Å². The zero-order valence-corrected chi connectivity index (χ0v) is 85.0. The number of methoxy groups -OCH3 is 2. The summed E-state index contributed by atoms with van der Waals surface area (Å²) in [7, 11) is 12.8. The predicted molar refractivity (Wildman–Crippen MR) is 548 cm³/mol. The monoisotopic (exact) mass is 2120 g/mol. The maximum absolute atomic E-state index is 12.8. The van der Waals surface area contributed by atoms with E-state index < -0.39 is 63.4 Å². The second-order valence-corrected chi connectivity index (χ2v) is 40.3. The number of esters is 1. The summed E-state index contributed by atoms with van der Waals surface area (Å²) >= 11 is 1.81. The van der Waals surface area contributed by atoms with E-state index in [0.717, 1.165) is 102 Å². The Labute approximate surface area is 859 Å². The summed E-state index contributed by atoms with van der Waals surface area (Å²) in [6.45, 7) is 3.34. The molecule has 0 saturated heterocycles. The third-order valence-electron chi connectivity index (χ3n) is 20.1. The largest absolute Gasteiger partial charge is 0.514 e. The Balaban J connectivity index is 0.000000290. The average Bonchev–Trinajstić information content (AvgIpc) is 0.983. The smallest absolute Gasteiger partial charge is 0.497 e. The number of primary amides is 1. The number of carboxylic acid groups (broad SMARTS) is 2. The van der Waals surface area contributed by atoms with Gasteiger partial charge >= 0.3 is 30.1 Å². The van der Waals surface area contributed by atoms with Gasteiger partial charge in [0.05, 0.1) is 36.7 Å². The molecule has 4 heterocycles. The number of urea groups is 1. The minimum Gasteiger partial charge on any atom is -0.497 e. The predicted octanol–water partition coefficient (Wildman–Crippen LogP) is 12.6. The molecular formula is C99H113N9O29S7. The number of aliphatic carboxylic acids is 2. The third kappa shape index (κ3) is 46.4. The van der Waals surface area contributed by atoms with Crippen molar-refractivity contribution in [2.75, 3.05) is 107 Å². The van der Waals surface area contributed by atoms with Gasteiger partial charge in [0.1, 0.15) is 47.8 Å². The highest BCUT2D eigenvalue weighted by atomic mass is 33.1. The number of hydrogen-bond donors (Lipinski definition) is 6. The number of ketones is 4. The molecule has 0 unspecified atom stereocenters. The van der Waals surface area contributed by atoms with Crippen LogP contribution >= 0.6 is 76.5 Å². The van der Waals surface area contributed by atoms with E-state index in [-0.39, 0.29) is 159 Å². The number of carbonyl (C=O) groups is 19. The molecule has 0 fully saturated rings. The molecule has 10 rings (SSSR count). The van der Waals surface area contributed by atoms with Gasteiger partial charge in [-0.05, 0) is 114 Å². The summed E-state index contributed by atoms with van der Waals surface area (Å²) in [5, 5.41) is 35.9. The number of hydrogen-bond acceptors (Lipinski definition) is 34. The molecule has 770 valence electrons. The van der Waals surface area contributed by atoms with Gasteiger partial charge in [-0.15, -0.1) is 11.8 Å². The number of non-ortho nitro benzene ring substituents is 1. The lowest BCUT2D eigenvalue weighted by Gasteiger charge is -2.35. The lowest BCUT2D eigenvalue weighted by atomic mass is 9.84. The number of nitro groups is 1. The van der Waals surface area contributed by atoms with Gasteiger partial charge < -0.3 is 60.3 Å². The summed E-state index contributed by atoms with van der Waals surface area (Å²) in [5.74, 6) is 1.66. The number of carboxylic acids is 2. The van der Waals surface area contributed by atoms with E-state index in [4.69, 9.17) is 44.4 Å². The zero-order chi connectivity index (χ0) is 105. The van der Waals surface area contributed by atoms with E-state index in [9.17, 15) is 101 Å². The molecule has 0 radical (unpaired) electrons. The molecule has 144 heavy (non-hydrogen) atoms. The minimum atomic E-state index is -0.990. The SMILES string of the molecule is CC(=O)NCCSSCCCC(=O)CCCC(=O)O.COc1cc(CC(=O)O)ccc1OC(=O)CCN1C(=O)C=CC1=O.COc1ccc(C(SCCCC(=O)COc2ccc(COC(=O)Oc3ccc([N+](=O)[O-])cc3)cc2)(c2ccccc2)c2ccccc2)cc1.NC(=O)NCCSSCCCC(=O)CCN1C(=O)C=CC1=O.O=C(CCCSSCCNC(=O)CCN1C(=O)C=CC1=O)CCN1C(=O)C=CC1=O. The van der Waals surface area contributed by atoms with Crippen LogP contribution in [0.1, 0.15) is 131 Å². The maximum atomic E-state index is 12.8. The Bertz CT molecular complexity index is 5330. The Morgan fingerprint density at radius 1 is 0.403 bits per heavy atom. The van der Waals surface area contributed by atoms with Crippen molar-refractivity contribution >= 4 is 195 Å². The molecule has 0 aliphatic carbocycles. The first-order valence-electron chi connectivity index (χ1n) is 45.2. The number of imide groups is 4. The number of nitrogens with zero attached hydrogens (tertiary/aromatic N) is 5. The van der Waals surface area contributed by atoms with Crippen LogP contribution in [-0.2, 0) is 104 Å². The highest BCUT2D eigenvalue weighted by Gasteiger charge is 2.38. The summed E-state index contributed by atoms with van der Waals surface area (Å²) in [6.07, 6.45) is 14.2. The highest BCUT2D eigenvalue weighted by molar-refractivity contribution is 8.77. The molecule has 7 N–H and O–H groups in total. The van der Waals surface area contributed by atoms with Gasteiger partial charge in [-0.1, -0.05) is 156 Å². The molecule has 45 heteroatoms. The van der Waals surface area contributed by atoms with Crippen LogP contribution in [0.2, 0.25) is 0 Å². The lowest BCUT2D eigenvalue weighted by molar-refractivity contribution is -0.384. The molecule has 0 saturated carbocycles. The highest BCUT2D eigenvalue weighted by Crippen LogP contribution is 2.49. The van der Waals surface area contributed by atoms with E-state index >= 15 is 0 Å². The van der Waals surface area contributed by atoms with Crippen LogP contribution in [0.25, 0.3) is 0 Å². The minimum absolute atomic E-state index is 0.00327. The summed E-state index contributed by atoms with van der Waals surface area (Å²) in [4.78, 5) is 230. The van der Waals surface area contributed by atoms with Crippen molar-refractivity contribution in [2.24, 2.45) is 5.73 Å². The van der Waals surface area contributed by atoms with Crippen LogP contribution < -0.4 is 45.4 Å². The molecular weight excluding hydrogens is 2000 g/mol. The quantitative estimate of drug-likeness (QED) is 0.00238. The van der Waals surface area contributed by atoms with Crippen molar-refractivity contribution in [3.63, 3.8) is 0 Å². The van der Waals surface area contributed by atoms with Crippen molar-refractivity contribution in [1.29, 1.82) is 0 Å². The van der Waals surface area contributed by atoms with Crippen LogP contribution in [0.4, 0.5) is 15.3 Å². The van der Waals surface area contributed by atoms with Crippen LogP contribution in [0.5, 0.6) is 28.7 Å².